The first-order valence-electron chi connectivity index (χ1n) is 6.70. The van der Waals surface area contributed by atoms with Crippen LogP contribution in [0.5, 0.6) is 11.5 Å². The number of phenols is 1. The second kappa shape index (κ2) is 6.05. The smallest absolute Gasteiger partial charge is 0.216 e. The monoisotopic (exact) mass is 330 g/mol. The number of nitrogens with zero attached hydrogens (tertiary/aromatic N) is 4. The minimum atomic E-state index is 0.00549. The molecule has 0 saturated carbocycles. The molecule has 118 valence electrons. The van der Waals surface area contributed by atoms with Crippen LogP contribution in [-0.2, 0) is 0 Å². The molecular weight excluding hydrogens is 316 g/mol. The Hall–Kier alpha value is -2.94. The van der Waals surface area contributed by atoms with Gasteiger partial charge in [-0.2, -0.15) is 20.0 Å². The third-order valence-electron chi connectivity index (χ3n) is 3.15. The Balaban J connectivity index is 2.01. The van der Waals surface area contributed by atoms with Gasteiger partial charge in [0.1, 0.15) is 5.69 Å². The van der Waals surface area contributed by atoms with Crippen molar-refractivity contribution in [3.05, 3.63) is 40.3 Å². The fraction of sp³-hybridized carbons (Fsp3) is 0.143. The van der Waals surface area contributed by atoms with Crippen LogP contribution in [0.25, 0.3) is 11.5 Å². The van der Waals surface area contributed by atoms with Gasteiger partial charge in [-0.3, -0.25) is 5.10 Å². The van der Waals surface area contributed by atoms with Crippen molar-refractivity contribution in [2.75, 3.05) is 7.11 Å². The standard InChI is InChI=1S/C14H14N6O2S/c1-8-6-10(17-16-8)13-18-19-14(23)20(13)15-7-9-4-3-5-11(22-2)12(9)21/h3-7,21H,1-2H3,(H,16,17)(H,19,23). The van der Waals surface area contributed by atoms with Crippen molar-refractivity contribution in [1.82, 2.24) is 25.1 Å². The van der Waals surface area contributed by atoms with E-state index in [9.17, 15) is 5.11 Å². The molecule has 3 N–H and O–H groups in total. The first kappa shape index (κ1) is 15.0. The third-order valence-corrected chi connectivity index (χ3v) is 3.41. The summed E-state index contributed by atoms with van der Waals surface area (Å²) in [5.74, 6) is 0.844. The van der Waals surface area contributed by atoms with E-state index in [0.29, 0.717) is 27.6 Å². The van der Waals surface area contributed by atoms with E-state index in [2.05, 4.69) is 25.5 Å². The van der Waals surface area contributed by atoms with Crippen molar-refractivity contribution in [3.8, 4) is 23.0 Å². The zero-order valence-corrected chi connectivity index (χ0v) is 13.3. The molecule has 0 saturated heterocycles. The highest BCUT2D eigenvalue weighted by Gasteiger charge is 2.11. The van der Waals surface area contributed by atoms with Crippen molar-refractivity contribution in [1.29, 1.82) is 0 Å². The van der Waals surface area contributed by atoms with E-state index in [-0.39, 0.29) is 5.75 Å². The van der Waals surface area contributed by atoms with E-state index in [4.69, 9.17) is 17.0 Å². The summed E-state index contributed by atoms with van der Waals surface area (Å²) >= 11 is 5.18. The highest BCUT2D eigenvalue weighted by Crippen LogP contribution is 2.28. The number of aryl methyl sites for hydroxylation is 1. The van der Waals surface area contributed by atoms with Crippen molar-refractivity contribution in [2.24, 2.45) is 5.10 Å². The average molecular weight is 330 g/mol. The minimum Gasteiger partial charge on any atom is -0.504 e. The maximum atomic E-state index is 10.1. The molecule has 2 heterocycles. The van der Waals surface area contributed by atoms with Gasteiger partial charge in [-0.05, 0) is 37.3 Å². The van der Waals surface area contributed by atoms with Crippen LogP contribution in [0.15, 0.2) is 29.4 Å². The van der Waals surface area contributed by atoms with Gasteiger partial charge in [-0.15, -0.1) is 0 Å². The SMILES string of the molecule is COc1cccc(C=Nn2c(-c3cc(C)[nH]n3)n[nH]c2=S)c1O. The predicted molar refractivity (Wildman–Crippen MR) is 87.4 cm³/mol. The summed E-state index contributed by atoms with van der Waals surface area (Å²) in [6.45, 7) is 1.89. The lowest BCUT2D eigenvalue weighted by Crippen LogP contribution is -1.96. The van der Waals surface area contributed by atoms with Gasteiger partial charge in [0.15, 0.2) is 11.5 Å². The number of methoxy groups -OCH3 is 1. The molecule has 0 aliphatic rings. The van der Waals surface area contributed by atoms with E-state index in [1.165, 1.54) is 18.0 Å². The Morgan fingerprint density at radius 3 is 2.87 bits per heavy atom. The Kier molecular flexibility index (Phi) is 3.94. The number of benzene rings is 1. The van der Waals surface area contributed by atoms with Crippen molar-refractivity contribution >= 4 is 18.4 Å². The largest absolute Gasteiger partial charge is 0.504 e. The molecule has 3 rings (SSSR count). The van der Waals surface area contributed by atoms with Gasteiger partial charge in [0.2, 0.25) is 10.6 Å². The van der Waals surface area contributed by atoms with Crippen LogP contribution in [-0.4, -0.2) is 43.5 Å². The number of hydrogen-bond donors (Lipinski definition) is 3. The molecule has 0 bridgehead atoms. The van der Waals surface area contributed by atoms with Gasteiger partial charge in [-0.1, -0.05) is 6.07 Å². The molecule has 0 fully saturated rings. The fourth-order valence-corrected chi connectivity index (χ4v) is 2.20. The number of aromatic hydroxyl groups is 1. The second-order valence-corrected chi connectivity index (χ2v) is 5.13. The van der Waals surface area contributed by atoms with Gasteiger partial charge in [0, 0.05) is 11.3 Å². The first-order chi connectivity index (χ1) is 11.1. The topological polar surface area (TPSA) is 104 Å². The van der Waals surface area contributed by atoms with Gasteiger partial charge in [0.25, 0.3) is 0 Å². The van der Waals surface area contributed by atoms with E-state index in [1.807, 2.05) is 13.0 Å². The molecule has 0 unspecified atom stereocenters. The maximum Gasteiger partial charge on any atom is 0.216 e. The summed E-state index contributed by atoms with van der Waals surface area (Å²) in [5.41, 5.74) is 2.01. The molecule has 8 nitrogen and oxygen atoms in total. The highest BCUT2D eigenvalue weighted by molar-refractivity contribution is 7.71. The Labute approximate surface area is 136 Å². The highest BCUT2D eigenvalue weighted by atomic mass is 32.1. The maximum absolute atomic E-state index is 10.1. The van der Waals surface area contributed by atoms with Crippen molar-refractivity contribution in [3.63, 3.8) is 0 Å². The number of para-hydroxylation sites is 1. The Bertz CT molecular complexity index is 923. The fourth-order valence-electron chi connectivity index (χ4n) is 2.03. The lowest BCUT2D eigenvalue weighted by molar-refractivity contribution is 0.373. The number of H-pyrrole nitrogens is 2. The normalized spacial score (nSPS) is 11.2. The summed E-state index contributed by atoms with van der Waals surface area (Å²) in [6.07, 6.45) is 1.48. The van der Waals surface area contributed by atoms with Gasteiger partial charge < -0.3 is 9.84 Å². The molecule has 0 atom stereocenters. The molecule has 0 aliphatic heterocycles. The number of phenolic OH excluding ortho intramolecular Hbond substituents is 1. The van der Waals surface area contributed by atoms with Crippen LogP contribution < -0.4 is 4.74 Å². The third kappa shape index (κ3) is 2.86. The van der Waals surface area contributed by atoms with E-state index in [1.54, 1.807) is 18.2 Å². The van der Waals surface area contributed by atoms with Crippen LogP contribution in [0.1, 0.15) is 11.3 Å². The van der Waals surface area contributed by atoms with Gasteiger partial charge in [-0.25, -0.2) is 5.10 Å². The molecule has 3 aromatic rings. The Morgan fingerprint density at radius 2 is 2.17 bits per heavy atom. The first-order valence-corrected chi connectivity index (χ1v) is 7.11. The number of aromatic nitrogens is 5. The molecule has 2 aromatic heterocycles. The van der Waals surface area contributed by atoms with E-state index in [0.717, 1.165) is 5.69 Å². The average Bonchev–Trinajstić information content (AvgIpc) is 3.12. The molecule has 0 radical (unpaired) electrons. The number of aromatic amines is 2. The lowest BCUT2D eigenvalue weighted by Gasteiger charge is -2.05. The molecule has 1 aromatic carbocycles. The molecule has 9 heteroatoms. The van der Waals surface area contributed by atoms with Crippen LogP contribution >= 0.6 is 12.2 Å². The molecule has 23 heavy (non-hydrogen) atoms. The zero-order valence-electron chi connectivity index (χ0n) is 12.4. The second-order valence-electron chi connectivity index (χ2n) is 4.74. The lowest BCUT2D eigenvalue weighted by atomic mass is 10.2. The number of ether oxygens (including phenoxy) is 1. The van der Waals surface area contributed by atoms with Crippen LogP contribution in [0.3, 0.4) is 0 Å². The van der Waals surface area contributed by atoms with Gasteiger partial charge >= 0.3 is 0 Å². The molecule has 0 aliphatic carbocycles. The number of nitrogens with one attached hydrogen (secondary N) is 2. The summed E-state index contributed by atoms with van der Waals surface area (Å²) in [5, 5.41) is 28.2. The Morgan fingerprint density at radius 1 is 1.35 bits per heavy atom. The summed E-state index contributed by atoms with van der Waals surface area (Å²) in [6, 6.07) is 6.96. The molecular formula is C14H14N6O2S. The van der Waals surface area contributed by atoms with Crippen molar-refractivity contribution in [2.45, 2.75) is 6.92 Å². The van der Waals surface area contributed by atoms with Crippen LogP contribution in [0.4, 0.5) is 0 Å². The quantitative estimate of drug-likeness (QED) is 0.503. The van der Waals surface area contributed by atoms with Crippen LogP contribution in [0.2, 0.25) is 0 Å². The summed E-state index contributed by atoms with van der Waals surface area (Å²) < 4.78 is 6.82. The van der Waals surface area contributed by atoms with Crippen molar-refractivity contribution < 1.29 is 9.84 Å². The predicted octanol–water partition coefficient (Wildman–Crippen LogP) is 2.24. The minimum absolute atomic E-state index is 0.00549. The number of hydrogen-bond acceptors (Lipinski definition) is 6. The number of rotatable bonds is 4. The van der Waals surface area contributed by atoms with E-state index < -0.39 is 0 Å². The zero-order chi connectivity index (χ0) is 16.4. The van der Waals surface area contributed by atoms with E-state index >= 15 is 0 Å². The molecule has 0 spiro atoms. The summed E-state index contributed by atoms with van der Waals surface area (Å²) in [7, 11) is 1.49. The summed E-state index contributed by atoms with van der Waals surface area (Å²) in [4.78, 5) is 0. The van der Waals surface area contributed by atoms with Crippen LogP contribution in [0, 0.1) is 11.7 Å². The molecule has 0 amide bonds. The van der Waals surface area contributed by atoms with Gasteiger partial charge in [0.05, 0.1) is 13.3 Å².